The zero-order valence-corrected chi connectivity index (χ0v) is 10.5. The van der Waals surface area contributed by atoms with Crippen molar-refractivity contribution in [2.75, 3.05) is 14.2 Å². The maximum atomic E-state index is 13.5. The van der Waals surface area contributed by atoms with Crippen LogP contribution in [-0.2, 0) is 4.79 Å². The first kappa shape index (κ1) is 13.4. The standard InChI is InChI=1S/C10H8BrFO5/c1-16-8-4(7(13)10(14)15)3-5(12)9(17-2)6(8)11/h3H,1-2H3,(H,14,15). The third-order valence-corrected chi connectivity index (χ3v) is 2.70. The van der Waals surface area contributed by atoms with Crippen LogP contribution >= 0.6 is 15.9 Å². The molecule has 1 aromatic carbocycles. The Kier molecular flexibility index (Phi) is 4.06. The first-order chi connectivity index (χ1) is 7.93. The molecular weight excluding hydrogens is 299 g/mol. The van der Waals surface area contributed by atoms with Gasteiger partial charge in [0, 0.05) is 0 Å². The second-order valence-electron chi connectivity index (χ2n) is 2.92. The highest BCUT2D eigenvalue weighted by Gasteiger charge is 2.25. The summed E-state index contributed by atoms with van der Waals surface area (Å²) in [4.78, 5) is 21.9. The number of carbonyl (C=O) groups is 2. The summed E-state index contributed by atoms with van der Waals surface area (Å²) < 4.78 is 23.2. The number of carbonyl (C=O) groups excluding carboxylic acids is 1. The molecule has 0 aromatic heterocycles. The van der Waals surface area contributed by atoms with Crippen molar-refractivity contribution < 1.29 is 28.6 Å². The number of methoxy groups -OCH3 is 2. The average molecular weight is 307 g/mol. The van der Waals surface area contributed by atoms with Crippen LogP contribution in [-0.4, -0.2) is 31.1 Å². The van der Waals surface area contributed by atoms with E-state index in [-0.39, 0.29) is 21.5 Å². The van der Waals surface area contributed by atoms with Gasteiger partial charge in [0.25, 0.3) is 5.78 Å². The Bertz CT molecular complexity index is 486. The quantitative estimate of drug-likeness (QED) is 0.679. The zero-order chi connectivity index (χ0) is 13.2. The monoisotopic (exact) mass is 306 g/mol. The van der Waals surface area contributed by atoms with Crippen molar-refractivity contribution in [2.45, 2.75) is 0 Å². The number of hydrogen-bond acceptors (Lipinski definition) is 4. The third-order valence-electron chi connectivity index (χ3n) is 1.98. The van der Waals surface area contributed by atoms with E-state index in [0.29, 0.717) is 0 Å². The van der Waals surface area contributed by atoms with Crippen LogP contribution in [0.4, 0.5) is 4.39 Å². The zero-order valence-electron chi connectivity index (χ0n) is 8.91. The van der Waals surface area contributed by atoms with Crippen LogP contribution in [0, 0.1) is 5.82 Å². The van der Waals surface area contributed by atoms with E-state index in [1.807, 2.05) is 0 Å². The van der Waals surface area contributed by atoms with Gasteiger partial charge in [0.1, 0.15) is 10.2 Å². The topological polar surface area (TPSA) is 72.8 Å². The molecule has 0 spiro atoms. The van der Waals surface area contributed by atoms with Crippen LogP contribution in [0.5, 0.6) is 11.5 Å². The minimum absolute atomic E-state index is 0.0482. The third kappa shape index (κ3) is 2.38. The summed E-state index contributed by atoms with van der Waals surface area (Å²) in [5.74, 6) is -4.06. The summed E-state index contributed by atoms with van der Waals surface area (Å²) in [7, 11) is 2.47. The van der Waals surface area contributed by atoms with Crippen molar-refractivity contribution in [1.29, 1.82) is 0 Å². The number of ketones is 1. The van der Waals surface area contributed by atoms with Crippen molar-refractivity contribution in [3.63, 3.8) is 0 Å². The van der Waals surface area contributed by atoms with Crippen LogP contribution in [0.1, 0.15) is 10.4 Å². The molecule has 0 aliphatic heterocycles. The molecule has 0 bridgehead atoms. The molecule has 0 heterocycles. The number of ether oxygens (including phenoxy) is 2. The number of benzene rings is 1. The van der Waals surface area contributed by atoms with Crippen LogP contribution < -0.4 is 9.47 Å². The molecule has 0 amide bonds. The van der Waals surface area contributed by atoms with Crippen LogP contribution in [0.2, 0.25) is 0 Å². The number of carboxylic acids is 1. The van der Waals surface area contributed by atoms with Crippen LogP contribution in [0.25, 0.3) is 0 Å². The predicted octanol–water partition coefficient (Wildman–Crippen LogP) is 1.87. The Morgan fingerprint density at radius 3 is 2.24 bits per heavy atom. The molecule has 0 radical (unpaired) electrons. The molecule has 0 fully saturated rings. The molecular formula is C10H8BrFO5. The van der Waals surface area contributed by atoms with Gasteiger partial charge in [-0.2, -0.15) is 0 Å². The summed E-state index contributed by atoms with van der Waals surface area (Å²) in [6.07, 6.45) is 0. The van der Waals surface area contributed by atoms with E-state index < -0.39 is 17.6 Å². The lowest BCUT2D eigenvalue weighted by atomic mass is 10.1. The van der Waals surface area contributed by atoms with E-state index in [1.54, 1.807) is 0 Å². The number of carboxylic acid groups (broad SMARTS) is 1. The van der Waals surface area contributed by atoms with E-state index in [4.69, 9.17) is 14.6 Å². The summed E-state index contributed by atoms with van der Waals surface area (Å²) in [5, 5.41) is 8.59. The maximum absolute atomic E-state index is 13.5. The molecule has 0 aliphatic carbocycles. The average Bonchev–Trinajstić information content (AvgIpc) is 2.27. The summed E-state index contributed by atoms with van der Waals surface area (Å²) >= 11 is 2.99. The Hall–Kier alpha value is -1.63. The molecule has 0 unspecified atom stereocenters. The van der Waals surface area contributed by atoms with E-state index >= 15 is 0 Å². The van der Waals surface area contributed by atoms with Gasteiger partial charge in [-0.1, -0.05) is 0 Å². The van der Waals surface area contributed by atoms with Gasteiger partial charge in [-0.3, -0.25) is 4.79 Å². The highest BCUT2D eigenvalue weighted by molar-refractivity contribution is 9.10. The first-order valence-corrected chi connectivity index (χ1v) is 5.10. The number of rotatable bonds is 4. The maximum Gasteiger partial charge on any atom is 0.377 e. The second-order valence-corrected chi connectivity index (χ2v) is 3.71. The molecule has 1 aromatic rings. The largest absolute Gasteiger partial charge is 0.495 e. The van der Waals surface area contributed by atoms with E-state index in [0.717, 1.165) is 6.07 Å². The SMILES string of the molecule is COc1c(F)cc(C(=O)C(=O)O)c(OC)c1Br. The lowest BCUT2D eigenvalue weighted by Crippen LogP contribution is -2.15. The van der Waals surface area contributed by atoms with Gasteiger partial charge < -0.3 is 14.6 Å². The van der Waals surface area contributed by atoms with Gasteiger partial charge in [-0.15, -0.1) is 0 Å². The Balaban J connectivity index is 3.52. The lowest BCUT2D eigenvalue weighted by molar-refractivity contribution is -0.131. The molecule has 0 atom stereocenters. The Labute approximate surface area is 104 Å². The van der Waals surface area contributed by atoms with Gasteiger partial charge in [0.2, 0.25) is 0 Å². The summed E-state index contributed by atoms with van der Waals surface area (Å²) in [6, 6.07) is 0.763. The van der Waals surface area contributed by atoms with Crippen molar-refractivity contribution in [3.05, 3.63) is 21.9 Å². The molecule has 0 saturated carbocycles. The second kappa shape index (κ2) is 5.13. The molecule has 1 rings (SSSR count). The van der Waals surface area contributed by atoms with Crippen molar-refractivity contribution in [2.24, 2.45) is 0 Å². The Morgan fingerprint density at radius 1 is 1.29 bits per heavy atom. The fraction of sp³-hybridized carbons (Fsp3) is 0.200. The molecule has 5 nitrogen and oxygen atoms in total. The predicted molar refractivity (Wildman–Crippen MR) is 59.2 cm³/mol. The summed E-state index contributed by atoms with van der Waals surface area (Å²) in [6.45, 7) is 0. The van der Waals surface area contributed by atoms with Gasteiger partial charge in [0.15, 0.2) is 11.6 Å². The smallest absolute Gasteiger partial charge is 0.377 e. The van der Waals surface area contributed by atoms with Crippen molar-refractivity contribution >= 4 is 27.7 Å². The number of aliphatic carboxylic acids is 1. The van der Waals surface area contributed by atoms with E-state index in [9.17, 15) is 14.0 Å². The van der Waals surface area contributed by atoms with Gasteiger partial charge in [-0.25, -0.2) is 9.18 Å². The number of Topliss-reactive ketones (excluding diaryl/α,β-unsaturated/α-hetero) is 1. The molecule has 92 valence electrons. The highest BCUT2D eigenvalue weighted by Crippen LogP contribution is 2.39. The normalized spacial score (nSPS) is 9.88. The van der Waals surface area contributed by atoms with Crippen molar-refractivity contribution in [3.8, 4) is 11.5 Å². The Morgan fingerprint density at radius 2 is 1.82 bits per heavy atom. The van der Waals surface area contributed by atoms with Gasteiger partial charge in [-0.05, 0) is 22.0 Å². The van der Waals surface area contributed by atoms with Crippen LogP contribution in [0.3, 0.4) is 0 Å². The summed E-state index contributed by atoms with van der Waals surface area (Å²) in [5.41, 5.74) is -0.384. The van der Waals surface area contributed by atoms with Crippen molar-refractivity contribution in [1.82, 2.24) is 0 Å². The molecule has 7 heteroatoms. The minimum Gasteiger partial charge on any atom is -0.495 e. The lowest BCUT2D eigenvalue weighted by Gasteiger charge is -2.12. The minimum atomic E-state index is -1.69. The van der Waals surface area contributed by atoms with Crippen LogP contribution in [0.15, 0.2) is 10.5 Å². The molecule has 0 aliphatic rings. The van der Waals surface area contributed by atoms with E-state index in [1.165, 1.54) is 14.2 Å². The number of halogens is 2. The molecule has 17 heavy (non-hydrogen) atoms. The number of hydrogen-bond donors (Lipinski definition) is 1. The fourth-order valence-electron chi connectivity index (χ4n) is 1.25. The van der Waals surface area contributed by atoms with Gasteiger partial charge in [0.05, 0.1) is 19.8 Å². The molecule has 0 saturated heterocycles. The highest BCUT2D eigenvalue weighted by atomic mass is 79.9. The fourth-order valence-corrected chi connectivity index (χ4v) is 1.98. The van der Waals surface area contributed by atoms with Gasteiger partial charge >= 0.3 is 5.97 Å². The first-order valence-electron chi connectivity index (χ1n) is 4.31. The van der Waals surface area contributed by atoms with E-state index in [2.05, 4.69) is 15.9 Å². The molecule has 1 N–H and O–H groups in total.